The first kappa shape index (κ1) is 29.2. The fourth-order valence-electron chi connectivity index (χ4n) is 1.91. The second-order valence-electron chi connectivity index (χ2n) is 6.37. The maximum Gasteiger partial charge on any atom is 0.285 e. The minimum Gasteiger partial charge on any atom is -0.430 e. The molecule has 0 spiro atoms. The lowest BCUT2D eigenvalue weighted by molar-refractivity contribution is 0.111. The zero-order chi connectivity index (χ0) is 24.6. The van der Waals surface area contributed by atoms with Crippen LogP contribution in [0.3, 0.4) is 0 Å². The van der Waals surface area contributed by atoms with Crippen molar-refractivity contribution in [3.8, 4) is 5.75 Å². The van der Waals surface area contributed by atoms with Crippen molar-refractivity contribution in [1.29, 1.82) is 0 Å². The molecule has 0 aromatic heterocycles. The Balaban J connectivity index is 0.000000320. The second-order valence-corrected chi connectivity index (χ2v) is 11.2. The molecule has 0 heterocycles. The Hall–Kier alpha value is -0.790. The zero-order valence-corrected chi connectivity index (χ0v) is 25.3. The molecule has 0 bridgehead atoms. The van der Waals surface area contributed by atoms with Gasteiger partial charge in [0.15, 0.2) is 18.3 Å². The molecule has 0 saturated heterocycles. The van der Waals surface area contributed by atoms with E-state index in [1.807, 2.05) is 0 Å². The number of thioether (sulfide) groups is 1. The normalized spacial score (nSPS) is 9.88. The highest BCUT2D eigenvalue weighted by Crippen LogP contribution is 2.34. The molecule has 2 rings (SSSR count). The van der Waals surface area contributed by atoms with Crippen molar-refractivity contribution in [3.63, 3.8) is 0 Å². The van der Waals surface area contributed by atoms with Crippen LogP contribution < -0.4 is 4.74 Å². The third kappa shape index (κ3) is 8.86. The summed E-state index contributed by atoms with van der Waals surface area (Å²) in [6, 6.07) is 6.95. The van der Waals surface area contributed by atoms with Gasteiger partial charge in [-0.3, -0.25) is 14.4 Å². The smallest absolute Gasteiger partial charge is 0.285 e. The molecule has 0 aliphatic rings. The first-order valence-electron chi connectivity index (χ1n) is 8.57. The standard InChI is InChI=1S/2C10H9Br2NO2S/c1-13(2)10(15)16-9-6(5-14)3-7(11)4-8(9)12;1-13(2)10(16)15-9-6(5-14)3-7(11)4-8(9)12/h2*3-5H,1-2H3. The van der Waals surface area contributed by atoms with Crippen molar-refractivity contribution < 1.29 is 19.1 Å². The summed E-state index contributed by atoms with van der Waals surface area (Å²) in [6.07, 6.45) is 1.46. The summed E-state index contributed by atoms with van der Waals surface area (Å²) in [4.78, 5) is 37.1. The lowest BCUT2D eigenvalue weighted by Crippen LogP contribution is -2.25. The molecule has 2 aromatic carbocycles. The Labute approximate surface area is 229 Å². The molecule has 0 aliphatic heterocycles. The summed E-state index contributed by atoms with van der Waals surface area (Å²) in [5, 5.41) is 0.178. The molecule has 32 heavy (non-hydrogen) atoms. The number of amides is 1. The van der Waals surface area contributed by atoms with Gasteiger partial charge in [0.05, 0.1) is 10.0 Å². The Kier molecular flexibility index (Phi) is 12.6. The lowest BCUT2D eigenvalue weighted by atomic mass is 10.2. The fourth-order valence-corrected chi connectivity index (χ4v) is 5.57. The molecule has 0 atom stereocenters. The van der Waals surface area contributed by atoms with Gasteiger partial charge in [0, 0.05) is 52.1 Å². The van der Waals surface area contributed by atoms with E-state index in [9.17, 15) is 14.4 Å². The van der Waals surface area contributed by atoms with Crippen molar-refractivity contribution >= 4 is 111 Å². The summed E-state index contributed by atoms with van der Waals surface area (Å²) in [6.45, 7) is 0. The van der Waals surface area contributed by atoms with Crippen LogP contribution in [0, 0.1) is 0 Å². The van der Waals surface area contributed by atoms with Crippen LogP contribution >= 0.6 is 87.7 Å². The van der Waals surface area contributed by atoms with Gasteiger partial charge in [0.2, 0.25) is 0 Å². The van der Waals surface area contributed by atoms with Crippen LogP contribution in [0.4, 0.5) is 4.79 Å². The van der Waals surface area contributed by atoms with Crippen LogP contribution in [0.15, 0.2) is 47.1 Å². The van der Waals surface area contributed by atoms with Crippen LogP contribution in [0.5, 0.6) is 5.75 Å². The maximum atomic E-state index is 11.6. The monoisotopic (exact) mass is 730 g/mol. The molecule has 12 heteroatoms. The molecular formula is C20H18Br4N2O4S2. The highest BCUT2D eigenvalue weighted by Gasteiger charge is 2.15. The number of aldehydes is 2. The molecule has 0 aliphatic carbocycles. The van der Waals surface area contributed by atoms with Crippen molar-refractivity contribution in [1.82, 2.24) is 9.80 Å². The van der Waals surface area contributed by atoms with Gasteiger partial charge in [-0.25, -0.2) is 0 Å². The minimum atomic E-state index is -0.119. The predicted molar refractivity (Wildman–Crippen MR) is 146 cm³/mol. The van der Waals surface area contributed by atoms with E-state index in [4.69, 9.17) is 17.0 Å². The Morgan fingerprint density at radius 2 is 1.38 bits per heavy atom. The average molecular weight is 734 g/mol. The number of hydrogen-bond donors (Lipinski definition) is 0. The van der Waals surface area contributed by atoms with Crippen LogP contribution in [-0.4, -0.2) is 61.0 Å². The zero-order valence-electron chi connectivity index (χ0n) is 17.3. The Morgan fingerprint density at radius 1 is 0.875 bits per heavy atom. The van der Waals surface area contributed by atoms with E-state index in [1.54, 1.807) is 57.4 Å². The number of carbonyl (C=O) groups is 3. The second kappa shape index (κ2) is 13.8. The maximum absolute atomic E-state index is 11.6. The Bertz CT molecular complexity index is 952. The van der Waals surface area contributed by atoms with Gasteiger partial charge in [-0.05, 0) is 80.1 Å². The number of benzene rings is 2. The molecule has 6 nitrogen and oxygen atoms in total. The van der Waals surface area contributed by atoms with E-state index in [0.717, 1.165) is 37.8 Å². The van der Waals surface area contributed by atoms with E-state index in [2.05, 4.69) is 63.7 Å². The molecular weight excluding hydrogens is 716 g/mol. The topological polar surface area (TPSA) is 66.9 Å². The number of ether oxygens (including phenoxy) is 1. The largest absolute Gasteiger partial charge is 0.430 e. The van der Waals surface area contributed by atoms with Gasteiger partial charge in [-0.1, -0.05) is 31.9 Å². The first-order valence-corrected chi connectivity index (χ1v) is 13.0. The number of hydrogen-bond acceptors (Lipinski definition) is 6. The van der Waals surface area contributed by atoms with Gasteiger partial charge in [-0.15, -0.1) is 0 Å². The molecule has 0 unspecified atom stereocenters. The third-order valence-electron chi connectivity index (χ3n) is 3.44. The molecule has 0 saturated carbocycles. The molecule has 0 N–H and O–H groups in total. The van der Waals surface area contributed by atoms with Crippen molar-refractivity contribution in [2.45, 2.75) is 4.90 Å². The van der Waals surface area contributed by atoms with E-state index in [0.29, 0.717) is 31.4 Å². The van der Waals surface area contributed by atoms with Gasteiger partial charge in [0.1, 0.15) is 0 Å². The average Bonchev–Trinajstić information content (AvgIpc) is 2.71. The minimum absolute atomic E-state index is 0.119. The number of nitrogens with zero attached hydrogens (tertiary/aromatic N) is 2. The highest BCUT2D eigenvalue weighted by atomic mass is 79.9. The fraction of sp³-hybridized carbons (Fsp3) is 0.200. The number of halogens is 4. The molecule has 2 aromatic rings. The summed E-state index contributed by atoms with van der Waals surface area (Å²) in [7, 11) is 6.89. The van der Waals surface area contributed by atoms with Crippen molar-refractivity contribution in [3.05, 3.63) is 53.3 Å². The van der Waals surface area contributed by atoms with Crippen LogP contribution in [0.1, 0.15) is 20.7 Å². The van der Waals surface area contributed by atoms with Gasteiger partial charge < -0.3 is 14.5 Å². The molecule has 172 valence electrons. The number of thiocarbonyl (C=S) groups is 1. The van der Waals surface area contributed by atoms with Crippen molar-refractivity contribution in [2.75, 3.05) is 28.2 Å². The number of carbonyl (C=O) groups excluding carboxylic acids is 3. The lowest BCUT2D eigenvalue weighted by Gasteiger charge is -2.16. The van der Waals surface area contributed by atoms with Crippen LogP contribution in [0.2, 0.25) is 0 Å². The van der Waals surface area contributed by atoms with E-state index in [-0.39, 0.29) is 5.24 Å². The van der Waals surface area contributed by atoms with Gasteiger partial charge >= 0.3 is 0 Å². The molecule has 1 amide bonds. The summed E-state index contributed by atoms with van der Waals surface area (Å²) < 4.78 is 8.43. The molecule has 0 fully saturated rings. The molecule has 0 radical (unpaired) electrons. The summed E-state index contributed by atoms with van der Waals surface area (Å²) in [5.74, 6) is 0.428. The first-order chi connectivity index (χ1) is 14.9. The highest BCUT2D eigenvalue weighted by molar-refractivity contribution is 9.11. The van der Waals surface area contributed by atoms with Crippen LogP contribution in [-0.2, 0) is 0 Å². The third-order valence-corrected chi connectivity index (χ3v) is 7.48. The van der Waals surface area contributed by atoms with E-state index in [1.165, 1.54) is 4.90 Å². The van der Waals surface area contributed by atoms with Gasteiger partial charge in [-0.2, -0.15) is 0 Å². The SMILES string of the molecule is CN(C)C(=O)Sc1c(Br)cc(Br)cc1C=O.CN(C)C(=S)Oc1c(Br)cc(Br)cc1C=O. The number of rotatable bonds is 4. The van der Waals surface area contributed by atoms with Crippen LogP contribution in [0.25, 0.3) is 0 Å². The van der Waals surface area contributed by atoms with Crippen molar-refractivity contribution in [2.24, 2.45) is 0 Å². The van der Waals surface area contributed by atoms with E-state index >= 15 is 0 Å². The summed E-state index contributed by atoms with van der Waals surface area (Å²) in [5.41, 5.74) is 0.923. The van der Waals surface area contributed by atoms with E-state index < -0.39 is 0 Å². The Morgan fingerprint density at radius 3 is 1.84 bits per heavy atom. The predicted octanol–water partition coefficient (Wildman–Crippen LogP) is 7.05. The summed E-state index contributed by atoms with van der Waals surface area (Å²) >= 11 is 19.3. The quantitative estimate of drug-likeness (QED) is 0.190. The van der Waals surface area contributed by atoms with Gasteiger partial charge in [0.25, 0.3) is 10.4 Å².